The number of alkyl halides is 3. The summed E-state index contributed by atoms with van der Waals surface area (Å²) < 4.78 is 50.4. The Kier molecular flexibility index (Phi) is 7.08. The van der Waals surface area contributed by atoms with Crippen LogP contribution in [0.25, 0.3) is 0 Å². The number of carbonyl (C=O) groups excluding carboxylic acids is 2. The molecule has 2 aromatic rings. The van der Waals surface area contributed by atoms with Crippen LogP contribution in [0.2, 0.25) is 0 Å². The topological polar surface area (TPSA) is 76.7 Å². The average molecular weight is 450 g/mol. The van der Waals surface area contributed by atoms with Crippen molar-refractivity contribution in [1.29, 1.82) is 0 Å². The lowest BCUT2D eigenvalue weighted by atomic mass is 9.73. The van der Waals surface area contributed by atoms with E-state index in [-0.39, 0.29) is 38.2 Å². The number of nitrogens with one attached hydrogen (secondary N) is 2. The van der Waals surface area contributed by atoms with Crippen LogP contribution < -0.4 is 15.6 Å². The third-order valence-corrected chi connectivity index (χ3v) is 5.54. The molecular weight excluding hydrogens is 425 g/mol. The normalized spacial score (nSPS) is 15.7. The van der Waals surface area contributed by atoms with E-state index >= 15 is 0 Å². The van der Waals surface area contributed by atoms with Crippen LogP contribution in [-0.2, 0) is 25.9 Å². The lowest BCUT2D eigenvalue weighted by molar-refractivity contribution is -0.138. The number of hydrogen-bond donors (Lipinski definition) is 2. The van der Waals surface area contributed by atoms with Crippen molar-refractivity contribution < 1.29 is 32.2 Å². The molecule has 0 unspecified atom stereocenters. The fourth-order valence-corrected chi connectivity index (χ4v) is 3.65. The van der Waals surface area contributed by atoms with Gasteiger partial charge in [0.2, 0.25) is 5.91 Å². The predicted octanol–water partition coefficient (Wildman–Crippen LogP) is 3.60. The highest BCUT2D eigenvalue weighted by molar-refractivity contribution is 5.90. The van der Waals surface area contributed by atoms with Gasteiger partial charge in [-0.25, -0.2) is 0 Å². The van der Waals surface area contributed by atoms with E-state index < -0.39 is 29.0 Å². The van der Waals surface area contributed by atoms with E-state index in [0.29, 0.717) is 5.75 Å². The van der Waals surface area contributed by atoms with Crippen LogP contribution in [-0.4, -0.2) is 31.6 Å². The molecule has 0 radical (unpaired) electrons. The molecule has 0 saturated carbocycles. The molecule has 2 N–H and O–H groups in total. The lowest BCUT2D eigenvalue weighted by Crippen LogP contribution is -2.54. The van der Waals surface area contributed by atoms with Crippen LogP contribution >= 0.6 is 0 Å². The first-order valence-corrected chi connectivity index (χ1v) is 10.2. The van der Waals surface area contributed by atoms with E-state index in [1.807, 2.05) is 26.0 Å². The second-order valence-corrected chi connectivity index (χ2v) is 7.83. The summed E-state index contributed by atoms with van der Waals surface area (Å²) in [6.07, 6.45) is -4.15. The van der Waals surface area contributed by atoms with Gasteiger partial charge >= 0.3 is 6.18 Å². The lowest BCUT2D eigenvalue weighted by Gasteiger charge is -2.36. The van der Waals surface area contributed by atoms with E-state index in [9.17, 15) is 22.8 Å². The molecule has 2 amide bonds. The molecule has 3 rings (SSSR count). The van der Waals surface area contributed by atoms with Gasteiger partial charge in [0.15, 0.2) is 6.61 Å². The molecule has 32 heavy (non-hydrogen) atoms. The van der Waals surface area contributed by atoms with Crippen molar-refractivity contribution in [3.05, 3.63) is 64.7 Å². The van der Waals surface area contributed by atoms with Gasteiger partial charge in [0.1, 0.15) is 5.75 Å². The largest absolute Gasteiger partial charge is 0.483 e. The number of rotatable bonds is 5. The summed E-state index contributed by atoms with van der Waals surface area (Å²) in [5, 5.41) is 0. The van der Waals surface area contributed by atoms with Gasteiger partial charge in [0.05, 0.1) is 11.0 Å². The van der Waals surface area contributed by atoms with Gasteiger partial charge in [-0.2, -0.15) is 13.2 Å². The van der Waals surface area contributed by atoms with Crippen molar-refractivity contribution >= 4 is 11.8 Å². The number of amides is 2. The fraction of sp³-hybridized carbons (Fsp3) is 0.391. The van der Waals surface area contributed by atoms with Crippen LogP contribution in [0.1, 0.15) is 35.1 Å². The van der Waals surface area contributed by atoms with E-state index in [1.165, 1.54) is 12.1 Å². The minimum Gasteiger partial charge on any atom is -0.483 e. The highest BCUT2D eigenvalue weighted by Crippen LogP contribution is 2.38. The minimum absolute atomic E-state index is 0.189. The Bertz CT molecular complexity index is 985. The minimum atomic E-state index is -4.53. The first-order valence-electron chi connectivity index (χ1n) is 10.2. The second-order valence-electron chi connectivity index (χ2n) is 7.83. The third-order valence-electron chi connectivity index (χ3n) is 5.54. The summed E-state index contributed by atoms with van der Waals surface area (Å²) in [6.45, 7) is 3.84. The molecule has 0 aromatic heterocycles. The van der Waals surface area contributed by atoms with Gasteiger partial charge in [0.25, 0.3) is 5.91 Å². The highest BCUT2D eigenvalue weighted by Gasteiger charge is 2.43. The Balaban J connectivity index is 1.69. The standard InChI is InChI=1S/C23H25F3N2O4/c1-15-6-7-16(2)19(12-15)32-14-20(29)27-28-21(30)22(8-10-31-11-9-22)17-4-3-5-18(13-17)23(24,25)26/h3-7,12-13H,8-11,14H2,1-2H3,(H,27,29)(H,28,30). The van der Waals surface area contributed by atoms with Gasteiger partial charge in [-0.15, -0.1) is 0 Å². The highest BCUT2D eigenvalue weighted by atomic mass is 19.4. The maximum Gasteiger partial charge on any atom is 0.416 e. The Morgan fingerprint density at radius 3 is 2.47 bits per heavy atom. The average Bonchev–Trinajstić information content (AvgIpc) is 2.78. The first-order chi connectivity index (χ1) is 15.1. The molecule has 1 aliphatic rings. The number of hydrogen-bond acceptors (Lipinski definition) is 4. The molecule has 9 heteroatoms. The predicted molar refractivity (Wildman–Crippen MR) is 111 cm³/mol. The summed E-state index contributed by atoms with van der Waals surface area (Å²) in [4.78, 5) is 25.3. The van der Waals surface area contributed by atoms with Gasteiger partial charge in [-0.3, -0.25) is 20.4 Å². The van der Waals surface area contributed by atoms with Crippen LogP contribution in [0.4, 0.5) is 13.2 Å². The maximum atomic E-state index is 13.2. The first kappa shape index (κ1) is 23.6. The smallest absolute Gasteiger partial charge is 0.416 e. The van der Waals surface area contributed by atoms with Crippen molar-refractivity contribution in [2.75, 3.05) is 19.8 Å². The molecule has 1 heterocycles. The Hall–Kier alpha value is -3.07. The summed E-state index contributed by atoms with van der Waals surface area (Å²) in [6, 6.07) is 10.3. The summed E-state index contributed by atoms with van der Waals surface area (Å²) in [5.74, 6) is -0.637. The molecule has 0 spiro atoms. The van der Waals surface area contributed by atoms with Crippen molar-refractivity contribution in [3.8, 4) is 5.75 Å². The molecule has 1 aliphatic heterocycles. The Morgan fingerprint density at radius 2 is 1.78 bits per heavy atom. The van der Waals surface area contributed by atoms with Crippen molar-refractivity contribution in [3.63, 3.8) is 0 Å². The quantitative estimate of drug-likeness (QED) is 0.683. The molecule has 172 valence electrons. The molecular formula is C23H25F3N2O4. The van der Waals surface area contributed by atoms with Gasteiger partial charge in [-0.1, -0.05) is 30.3 Å². The van der Waals surface area contributed by atoms with E-state index in [1.54, 1.807) is 6.07 Å². The SMILES string of the molecule is Cc1ccc(C)c(OCC(=O)NNC(=O)C2(c3cccc(C(F)(F)F)c3)CCOCC2)c1. The summed E-state index contributed by atoms with van der Waals surface area (Å²) >= 11 is 0. The Labute approximate surface area is 184 Å². The van der Waals surface area contributed by atoms with E-state index in [4.69, 9.17) is 9.47 Å². The van der Waals surface area contributed by atoms with Gasteiger partial charge in [0, 0.05) is 13.2 Å². The Morgan fingerprint density at radius 1 is 1.06 bits per heavy atom. The van der Waals surface area contributed by atoms with Crippen LogP contribution in [0, 0.1) is 13.8 Å². The molecule has 0 bridgehead atoms. The zero-order chi connectivity index (χ0) is 23.4. The number of aryl methyl sites for hydroxylation is 2. The number of halogens is 3. The van der Waals surface area contributed by atoms with Crippen molar-refractivity contribution in [1.82, 2.24) is 10.9 Å². The van der Waals surface area contributed by atoms with Crippen LogP contribution in [0.15, 0.2) is 42.5 Å². The molecule has 6 nitrogen and oxygen atoms in total. The van der Waals surface area contributed by atoms with Crippen LogP contribution in [0.5, 0.6) is 5.75 Å². The fourth-order valence-electron chi connectivity index (χ4n) is 3.65. The number of benzene rings is 2. The maximum absolute atomic E-state index is 13.2. The second kappa shape index (κ2) is 9.60. The van der Waals surface area contributed by atoms with Crippen molar-refractivity contribution in [2.45, 2.75) is 38.3 Å². The number of hydrazine groups is 1. The van der Waals surface area contributed by atoms with E-state index in [0.717, 1.165) is 23.3 Å². The number of carbonyl (C=O) groups is 2. The molecule has 2 aromatic carbocycles. The molecule has 1 fully saturated rings. The van der Waals surface area contributed by atoms with Gasteiger partial charge < -0.3 is 9.47 Å². The van der Waals surface area contributed by atoms with Gasteiger partial charge in [-0.05, 0) is 55.5 Å². The van der Waals surface area contributed by atoms with Crippen LogP contribution in [0.3, 0.4) is 0 Å². The third kappa shape index (κ3) is 5.40. The van der Waals surface area contributed by atoms with E-state index in [2.05, 4.69) is 10.9 Å². The molecule has 0 atom stereocenters. The number of ether oxygens (including phenoxy) is 2. The van der Waals surface area contributed by atoms with Crippen molar-refractivity contribution in [2.24, 2.45) is 0 Å². The molecule has 0 aliphatic carbocycles. The summed E-state index contributed by atoms with van der Waals surface area (Å²) in [5.41, 5.74) is 4.63. The zero-order valence-electron chi connectivity index (χ0n) is 17.8. The zero-order valence-corrected chi connectivity index (χ0v) is 17.8. The molecule has 1 saturated heterocycles. The summed E-state index contributed by atoms with van der Waals surface area (Å²) in [7, 11) is 0. The monoisotopic (exact) mass is 450 g/mol.